The summed E-state index contributed by atoms with van der Waals surface area (Å²) in [6, 6.07) is 14.7. The first kappa shape index (κ1) is 15.5. The topological polar surface area (TPSA) is 54.0 Å². The number of hydrogen-bond donors (Lipinski definition) is 2. The van der Waals surface area contributed by atoms with Crippen LogP contribution in [0.3, 0.4) is 0 Å². The van der Waals surface area contributed by atoms with Gasteiger partial charge < -0.3 is 10.6 Å². The zero-order chi connectivity index (χ0) is 16.1. The highest BCUT2D eigenvalue weighted by Gasteiger charge is 2.12. The Bertz CT molecular complexity index is 788. The molecule has 23 heavy (non-hydrogen) atoms. The summed E-state index contributed by atoms with van der Waals surface area (Å²) in [6.45, 7) is 0.506. The fraction of sp³-hybridized carbons (Fsp3) is 0.0588. The lowest BCUT2D eigenvalue weighted by molar-refractivity contribution is 0.0952. The standard InChI is InChI=1S/C17H14ClN3OS/c18-12-5-7-13(8-6-12)21-16-15(4-1-9-19-16)17(22)20-11-14-3-2-10-23-14/h1-10H,11H2,(H,19,21)(H,20,22). The number of nitrogens with one attached hydrogen (secondary N) is 2. The quantitative estimate of drug-likeness (QED) is 0.718. The first-order chi connectivity index (χ1) is 11.2. The fourth-order valence-corrected chi connectivity index (χ4v) is 2.80. The molecule has 0 fully saturated rings. The van der Waals surface area contributed by atoms with Crippen LogP contribution in [0.15, 0.2) is 60.1 Å². The molecule has 0 unspecified atom stereocenters. The molecule has 2 N–H and O–H groups in total. The predicted octanol–water partition coefficient (Wildman–Crippen LogP) is 4.47. The number of hydrogen-bond acceptors (Lipinski definition) is 4. The van der Waals surface area contributed by atoms with Crippen molar-refractivity contribution >= 4 is 40.4 Å². The molecule has 6 heteroatoms. The molecule has 2 aromatic heterocycles. The number of rotatable bonds is 5. The molecule has 0 aliphatic rings. The second kappa shape index (κ2) is 7.26. The van der Waals surface area contributed by atoms with E-state index in [1.807, 2.05) is 29.6 Å². The molecule has 1 amide bonds. The van der Waals surface area contributed by atoms with E-state index >= 15 is 0 Å². The molecule has 2 heterocycles. The molecule has 3 rings (SSSR count). The number of aromatic nitrogens is 1. The Morgan fingerprint density at radius 1 is 1.13 bits per heavy atom. The second-order valence-electron chi connectivity index (χ2n) is 4.79. The number of carbonyl (C=O) groups excluding carboxylic acids is 1. The lowest BCUT2D eigenvalue weighted by Gasteiger charge is -2.11. The van der Waals surface area contributed by atoms with Gasteiger partial charge >= 0.3 is 0 Å². The maximum Gasteiger partial charge on any atom is 0.255 e. The number of anilines is 2. The average molecular weight is 344 g/mol. The molecule has 0 aliphatic carbocycles. The van der Waals surface area contributed by atoms with Gasteiger partial charge in [0.25, 0.3) is 5.91 Å². The lowest BCUT2D eigenvalue weighted by Crippen LogP contribution is -2.23. The molecule has 0 bridgehead atoms. The van der Waals surface area contributed by atoms with Crippen molar-refractivity contribution < 1.29 is 4.79 Å². The van der Waals surface area contributed by atoms with Gasteiger partial charge in [0.15, 0.2) is 0 Å². The van der Waals surface area contributed by atoms with Gasteiger partial charge in [-0.1, -0.05) is 17.7 Å². The third kappa shape index (κ3) is 4.09. The maximum atomic E-state index is 12.4. The summed E-state index contributed by atoms with van der Waals surface area (Å²) in [4.78, 5) is 17.8. The minimum absolute atomic E-state index is 0.164. The van der Waals surface area contributed by atoms with Gasteiger partial charge in [-0.15, -0.1) is 11.3 Å². The first-order valence-corrected chi connectivity index (χ1v) is 8.26. The summed E-state index contributed by atoms with van der Waals surface area (Å²) >= 11 is 7.49. The van der Waals surface area contributed by atoms with Crippen molar-refractivity contribution in [3.8, 4) is 0 Å². The monoisotopic (exact) mass is 343 g/mol. The SMILES string of the molecule is O=C(NCc1cccs1)c1cccnc1Nc1ccc(Cl)cc1. The Morgan fingerprint density at radius 3 is 2.70 bits per heavy atom. The lowest BCUT2D eigenvalue weighted by atomic mass is 10.2. The highest BCUT2D eigenvalue weighted by Crippen LogP contribution is 2.20. The molecule has 0 saturated carbocycles. The van der Waals surface area contributed by atoms with Gasteiger partial charge in [0.1, 0.15) is 5.82 Å². The van der Waals surface area contributed by atoms with Crippen molar-refractivity contribution in [2.24, 2.45) is 0 Å². The summed E-state index contributed by atoms with van der Waals surface area (Å²) in [6.07, 6.45) is 1.65. The van der Waals surface area contributed by atoms with E-state index < -0.39 is 0 Å². The van der Waals surface area contributed by atoms with Gasteiger partial charge in [-0.05, 0) is 47.8 Å². The molecule has 0 aliphatic heterocycles. The molecule has 0 atom stereocenters. The smallest absolute Gasteiger partial charge is 0.255 e. The van der Waals surface area contributed by atoms with E-state index in [0.29, 0.717) is 22.9 Å². The molecular weight excluding hydrogens is 330 g/mol. The van der Waals surface area contributed by atoms with E-state index in [9.17, 15) is 4.79 Å². The number of halogens is 1. The van der Waals surface area contributed by atoms with Gasteiger partial charge in [0.05, 0.1) is 12.1 Å². The van der Waals surface area contributed by atoms with E-state index in [1.54, 1.807) is 41.8 Å². The van der Waals surface area contributed by atoms with Crippen LogP contribution in [-0.2, 0) is 6.54 Å². The summed E-state index contributed by atoms with van der Waals surface area (Å²) in [5, 5.41) is 8.70. The first-order valence-electron chi connectivity index (χ1n) is 7.00. The van der Waals surface area contributed by atoms with Crippen LogP contribution in [0.25, 0.3) is 0 Å². The van der Waals surface area contributed by atoms with Gasteiger partial charge in [-0.25, -0.2) is 4.98 Å². The van der Waals surface area contributed by atoms with Gasteiger partial charge in [0, 0.05) is 21.8 Å². The molecule has 3 aromatic rings. The normalized spacial score (nSPS) is 10.3. The molecule has 116 valence electrons. The van der Waals surface area contributed by atoms with Crippen LogP contribution in [-0.4, -0.2) is 10.9 Å². The van der Waals surface area contributed by atoms with Crippen molar-refractivity contribution in [1.82, 2.24) is 10.3 Å². The van der Waals surface area contributed by atoms with Crippen molar-refractivity contribution in [1.29, 1.82) is 0 Å². The highest BCUT2D eigenvalue weighted by atomic mass is 35.5. The molecule has 0 spiro atoms. The fourth-order valence-electron chi connectivity index (χ4n) is 2.03. The number of amides is 1. The number of nitrogens with zero attached hydrogens (tertiary/aromatic N) is 1. The zero-order valence-corrected chi connectivity index (χ0v) is 13.7. The summed E-state index contributed by atoms with van der Waals surface area (Å²) in [5.41, 5.74) is 1.32. The summed E-state index contributed by atoms with van der Waals surface area (Å²) in [7, 11) is 0. The zero-order valence-electron chi connectivity index (χ0n) is 12.1. The van der Waals surface area contributed by atoms with E-state index in [4.69, 9.17) is 11.6 Å². The molecule has 0 saturated heterocycles. The third-order valence-electron chi connectivity index (χ3n) is 3.16. The molecular formula is C17H14ClN3OS. The van der Waals surface area contributed by atoms with Crippen LogP contribution in [0.4, 0.5) is 11.5 Å². The van der Waals surface area contributed by atoms with Crippen LogP contribution < -0.4 is 10.6 Å². The molecule has 0 radical (unpaired) electrons. The van der Waals surface area contributed by atoms with Crippen LogP contribution in [0.1, 0.15) is 15.2 Å². The number of benzene rings is 1. The summed E-state index contributed by atoms with van der Waals surface area (Å²) < 4.78 is 0. The van der Waals surface area contributed by atoms with Crippen molar-refractivity contribution in [3.63, 3.8) is 0 Å². The van der Waals surface area contributed by atoms with E-state index in [2.05, 4.69) is 15.6 Å². The highest BCUT2D eigenvalue weighted by molar-refractivity contribution is 7.09. The van der Waals surface area contributed by atoms with E-state index in [-0.39, 0.29) is 5.91 Å². The van der Waals surface area contributed by atoms with Gasteiger partial charge in [-0.2, -0.15) is 0 Å². The Labute approximate surface area is 143 Å². The molecule has 4 nitrogen and oxygen atoms in total. The Hall–Kier alpha value is -2.37. The average Bonchev–Trinajstić information content (AvgIpc) is 3.09. The van der Waals surface area contributed by atoms with Crippen molar-refractivity contribution in [2.75, 3.05) is 5.32 Å². The van der Waals surface area contributed by atoms with Crippen LogP contribution in [0, 0.1) is 0 Å². The van der Waals surface area contributed by atoms with Crippen LogP contribution in [0.5, 0.6) is 0 Å². The Kier molecular flexibility index (Phi) is 4.90. The minimum Gasteiger partial charge on any atom is -0.347 e. The number of carbonyl (C=O) groups is 1. The van der Waals surface area contributed by atoms with E-state index in [1.165, 1.54) is 0 Å². The number of pyridine rings is 1. The van der Waals surface area contributed by atoms with E-state index in [0.717, 1.165) is 10.6 Å². The van der Waals surface area contributed by atoms with Crippen molar-refractivity contribution in [3.05, 3.63) is 75.6 Å². The second-order valence-corrected chi connectivity index (χ2v) is 6.26. The largest absolute Gasteiger partial charge is 0.347 e. The minimum atomic E-state index is -0.164. The third-order valence-corrected chi connectivity index (χ3v) is 4.29. The van der Waals surface area contributed by atoms with Gasteiger partial charge in [-0.3, -0.25) is 4.79 Å². The summed E-state index contributed by atoms with van der Waals surface area (Å²) in [5.74, 6) is 0.349. The predicted molar refractivity (Wildman–Crippen MR) is 94.5 cm³/mol. The van der Waals surface area contributed by atoms with Crippen LogP contribution >= 0.6 is 22.9 Å². The van der Waals surface area contributed by atoms with Crippen LogP contribution in [0.2, 0.25) is 5.02 Å². The Balaban J connectivity index is 1.74. The van der Waals surface area contributed by atoms with Crippen molar-refractivity contribution in [2.45, 2.75) is 6.54 Å². The van der Waals surface area contributed by atoms with Gasteiger partial charge in [0.2, 0.25) is 0 Å². The molecule has 1 aromatic carbocycles. The maximum absolute atomic E-state index is 12.4. The Morgan fingerprint density at radius 2 is 1.96 bits per heavy atom. The number of thiophene rings is 1.